The Labute approximate surface area is 109 Å². The molecule has 1 saturated heterocycles. The minimum atomic E-state index is -0.104. The Kier molecular flexibility index (Phi) is 4.23. The third kappa shape index (κ3) is 2.66. The highest BCUT2D eigenvalue weighted by atomic mass is 19.1. The molecular formula is C15H23FN2. The summed E-state index contributed by atoms with van der Waals surface area (Å²) in [6.45, 7) is 7.24. The minimum absolute atomic E-state index is 0.104. The molecule has 0 bridgehead atoms. The zero-order valence-electron chi connectivity index (χ0n) is 11.5. The van der Waals surface area contributed by atoms with E-state index in [0.29, 0.717) is 12.5 Å². The third-order valence-corrected chi connectivity index (χ3v) is 4.12. The Bertz CT molecular complexity index is 405. The normalized spacial score (nSPS) is 24.3. The van der Waals surface area contributed by atoms with Gasteiger partial charge in [0.15, 0.2) is 0 Å². The van der Waals surface area contributed by atoms with Gasteiger partial charge >= 0.3 is 0 Å². The van der Waals surface area contributed by atoms with Gasteiger partial charge in [-0.1, -0.05) is 19.9 Å². The molecule has 0 amide bonds. The van der Waals surface area contributed by atoms with Crippen molar-refractivity contribution in [3.05, 3.63) is 29.6 Å². The van der Waals surface area contributed by atoms with E-state index in [1.165, 1.54) is 6.42 Å². The van der Waals surface area contributed by atoms with E-state index in [0.717, 1.165) is 30.3 Å². The lowest BCUT2D eigenvalue weighted by Crippen LogP contribution is -2.39. The minimum Gasteiger partial charge on any atom is -0.371 e. The first-order chi connectivity index (χ1) is 8.63. The molecule has 2 nitrogen and oxygen atoms in total. The van der Waals surface area contributed by atoms with Gasteiger partial charge in [0.2, 0.25) is 0 Å². The van der Waals surface area contributed by atoms with Crippen LogP contribution in [0.5, 0.6) is 0 Å². The van der Waals surface area contributed by atoms with Gasteiger partial charge in [-0.3, -0.25) is 0 Å². The summed E-state index contributed by atoms with van der Waals surface area (Å²) in [5.74, 6) is 1.33. The summed E-state index contributed by atoms with van der Waals surface area (Å²) in [5, 5.41) is 3.06. The monoisotopic (exact) mass is 250 g/mol. The molecule has 0 radical (unpaired) electrons. The Morgan fingerprint density at radius 2 is 2.11 bits per heavy atom. The van der Waals surface area contributed by atoms with E-state index >= 15 is 0 Å². The Morgan fingerprint density at radius 3 is 2.78 bits per heavy atom. The van der Waals surface area contributed by atoms with Crippen molar-refractivity contribution in [3.8, 4) is 0 Å². The molecule has 3 heteroatoms. The first-order valence-corrected chi connectivity index (χ1v) is 6.80. The van der Waals surface area contributed by atoms with Crippen LogP contribution < -0.4 is 10.2 Å². The molecule has 1 aromatic rings. The average molecular weight is 250 g/mol. The number of nitrogens with one attached hydrogen (secondary N) is 1. The Hall–Kier alpha value is -1.09. The standard InChI is InChI=1S/C15H23FN2/c1-11-7-8-18(10-12(11)2)15-6-4-5-14(16)13(15)9-17-3/h4-6,11-12,17H,7-10H2,1-3H3. The molecule has 0 saturated carbocycles. The molecule has 0 aromatic heterocycles. The highest BCUT2D eigenvalue weighted by Crippen LogP contribution is 2.30. The van der Waals surface area contributed by atoms with Crippen molar-refractivity contribution in [2.24, 2.45) is 11.8 Å². The molecule has 0 spiro atoms. The Balaban J connectivity index is 2.25. The highest BCUT2D eigenvalue weighted by Gasteiger charge is 2.24. The van der Waals surface area contributed by atoms with E-state index in [2.05, 4.69) is 24.1 Å². The predicted molar refractivity (Wildman–Crippen MR) is 74.3 cm³/mol. The van der Waals surface area contributed by atoms with Gasteiger partial charge in [0, 0.05) is 30.9 Å². The zero-order chi connectivity index (χ0) is 13.1. The number of anilines is 1. The van der Waals surface area contributed by atoms with Crippen molar-refractivity contribution in [2.45, 2.75) is 26.8 Å². The van der Waals surface area contributed by atoms with Crippen LogP contribution >= 0.6 is 0 Å². The molecule has 1 aliphatic heterocycles. The maximum Gasteiger partial charge on any atom is 0.129 e. The highest BCUT2D eigenvalue weighted by molar-refractivity contribution is 5.54. The van der Waals surface area contributed by atoms with Crippen LogP contribution in [-0.4, -0.2) is 20.1 Å². The molecular weight excluding hydrogens is 227 g/mol. The van der Waals surface area contributed by atoms with E-state index in [1.54, 1.807) is 6.07 Å². The molecule has 1 N–H and O–H groups in total. The van der Waals surface area contributed by atoms with Gasteiger partial charge in [-0.05, 0) is 37.4 Å². The lowest BCUT2D eigenvalue weighted by molar-refractivity contribution is 0.323. The number of halogens is 1. The summed E-state index contributed by atoms with van der Waals surface area (Å²) in [7, 11) is 1.86. The molecule has 2 unspecified atom stereocenters. The molecule has 1 fully saturated rings. The topological polar surface area (TPSA) is 15.3 Å². The fourth-order valence-electron chi connectivity index (χ4n) is 2.68. The quantitative estimate of drug-likeness (QED) is 0.887. The van der Waals surface area contributed by atoms with Crippen molar-refractivity contribution in [1.29, 1.82) is 0 Å². The molecule has 2 atom stereocenters. The molecule has 0 aliphatic carbocycles. The Morgan fingerprint density at radius 1 is 1.33 bits per heavy atom. The smallest absolute Gasteiger partial charge is 0.129 e. The van der Waals surface area contributed by atoms with Crippen LogP contribution in [0, 0.1) is 17.7 Å². The van der Waals surface area contributed by atoms with E-state index < -0.39 is 0 Å². The van der Waals surface area contributed by atoms with E-state index in [1.807, 2.05) is 19.2 Å². The summed E-state index contributed by atoms with van der Waals surface area (Å²) in [5.41, 5.74) is 1.85. The van der Waals surface area contributed by atoms with Crippen LogP contribution in [0.2, 0.25) is 0 Å². The van der Waals surface area contributed by atoms with Crippen molar-refractivity contribution in [1.82, 2.24) is 5.32 Å². The molecule has 100 valence electrons. The fourth-order valence-corrected chi connectivity index (χ4v) is 2.68. The number of rotatable bonds is 3. The maximum atomic E-state index is 13.9. The van der Waals surface area contributed by atoms with Crippen LogP contribution in [0.1, 0.15) is 25.8 Å². The largest absolute Gasteiger partial charge is 0.371 e. The van der Waals surface area contributed by atoms with Crippen molar-refractivity contribution in [3.63, 3.8) is 0 Å². The summed E-state index contributed by atoms with van der Waals surface area (Å²) < 4.78 is 13.9. The average Bonchev–Trinajstić information content (AvgIpc) is 2.35. The second-order valence-corrected chi connectivity index (χ2v) is 5.46. The van der Waals surface area contributed by atoms with Gasteiger partial charge in [0.1, 0.15) is 5.82 Å². The first-order valence-electron chi connectivity index (χ1n) is 6.80. The lowest BCUT2D eigenvalue weighted by Gasteiger charge is -2.37. The van der Waals surface area contributed by atoms with Gasteiger partial charge < -0.3 is 10.2 Å². The fraction of sp³-hybridized carbons (Fsp3) is 0.600. The van der Waals surface area contributed by atoms with Gasteiger partial charge in [-0.15, -0.1) is 0 Å². The van der Waals surface area contributed by atoms with Crippen LogP contribution in [0.3, 0.4) is 0 Å². The predicted octanol–water partition coefficient (Wildman–Crippen LogP) is 3.03. The van der Waals surface area contributed by atoms with E-state index in [-0.39, 0.29) is 5.82 Å². The van der Waals surface area contributed by atoms with E-state index in [4.69, 9.17) is 0 Å². The second-order valence-electron chi connectivity index (χ2n) is 5.46. The summed E-state index contributed by atoms with van der Waals surface area (Å²) >= 11 is 0. The van der Waals surface area contributed by atoms with Crippen LogP contribution in [0.25, 0.3) is 0 Å². The first kappa shape index (κ1) is 13.3. The molecule has 2 rings (SSSR count). The third-order valence-electron chi connectivity index (χ3n) is 4.12. The zero-order valence-corrected chi connectivity index (χ0v) is 11.5. The lowest BCUT2D eigenvalue weighted by atomic mass is 9.88. The van der Waals surface area contributed by atoms with Crippen molar-refractivity contribution < 1.29 is 4.39 Å². The van der Waals surface area contributed by atoms with Gasteiger partial charge in [0.05, 0.1) is 0 Å². The van der Waals surface area contributed by atoms with Crippen LogP contribution in [-0.2, 0) is 6.54 Å². The molecule has 1 heterocycles. The van der Waals surface area contributed by atoms with Crippen molar-refractivity contribution >= 4 is 5.69 Å². The summed E-state index contributed by atoms with van der Waals surface area (Å²) in [6, 6.07) is 5.40. The van der Waals surface area contributed by atoms with Gasteiger partial charge in [0.25, 0.3) is 0 Å². The summed E-state index contributed by atoms with van der Waals surface area (Å²) in [6.07, 6.45) is 1.19. The van der Waals surface area contributed by atoms with Crippen LogP contribution in [0.15, 0.2) is 18.2 Å². The number of hydrogen-bond donors (Lipinski definition) is 1. The number of benzene rings is 1. The van der Waals surface area contributed by atoms with Gasteiger partial charge in [-0.2, -0.15) is 0 Å². The van der Waals surface area contributed by atoms with E-state index in [9.17, 15) is 4.39 Å². The molecule has 1 aliphatic rings. The van der Waals surface area contributed by atoms with Gasteiger partial charge in [-0.25, -0.2) is 4.39 Å². The second kappa shape index (κ2) is 5.70. The van der Waals surface area contributed by atoms with Crippen molar-refractivity contribution in [2.75, 3.05) is 25.0 Å². The number of nitrogens with zero attached hydrogens (tertiary/aromatic N) is 1. The maximum absolute atomic E-state index is 13.9. The molecule has 1 aromatic carbocycles. The number of piperidine rings is 1. The SMILES string of the molecule is CNCc1c(F)cccc1N1CCC(C)C(C)C1. The molecule has 18 heavy (non-hydrogen) atoms. The summed E-state index contributed by atoms with van der Waals surface area (Å²) in [4.78, 5) is 2.33. The van der Waals surface area contributed by atoms with Crippen LogP contribution in [0.4, 0.5) is 10.1 Å². The number of hydrogen-bond acceptors (Lipinski definition) is 2.